The molecule has 1 aromatic heterocycles. The Bertz CT molecular complexity index is 743. The predicted octanol–water partition coefficient (Wildman–Crippen LogP) is 5.62. The normalized spacial score (nSPS) is 17.1. The van der Waals surface area contributed by atoms with Crippen LogP contribution in [0.1, 0.15) is 41.6 Å². The zero-order valence-corrected chi connectivity index (χ0v) is 14.5. The second kappa shape index (κ2) is 5.71. The number of hydrogen-bond acceptors (Lipinski definition) is 2. The molecule has 1 aliphatic carbocycles. The van der Waals surface area contributed by atoms with Crippen LogP contribution >= 0.6 is 39.1 Å². The van der Waals surface area contributed by atoms with E-state index in [1.54, 1.807) is 12.3 Å². The van der Waals surface area contributed by atoms with Crippen LogP contribution in [-0.4, -0.2) is 10.7 Å². The fourth-order valence-electron chi connectivity index (χ4n) is 2.90. The van der Waals surface area contributed by atoms with E-state index in [4.69, 9.17) is 28.6 Å². The topological polar surface area (TPSA) is 36.7 Å². The Balaban J connectivity index is 2.29. The molecule has 0 spiro atoms. The van der Waals surface area contributed by atoms with Gasteiger partial charge < -0.3 is 0 Å². The summed E-state index contributed by atoms with van der Waals surface area (Å²) in [6, 6.07) is 5.68. The van der Waals surface area contributed by atoms with Crippen molar-refractivity contribution < 1.29 is 0 Å². The summed E-state index contributed by atoms with van der Waals surface area (Å²) in [4.78, 5) is 4.46. The van der Waals surface area contributed by atoms with Crippen molar-refractivity contribution in [2.75, 3.05) is 0 Å². The molecule has 1 unspecified atom stereocenters. The molecule has 3 rings (SSSR count). The molecule has 2 nitrogen and oxygen atoms in total. The van der Waals surface area contributed by atoms with Crippen LogP contribution in [0.4, 0.5) is 0 Å². The van der Waals surface area contributed by atoms with Crippen LogP contribution < -0.4 is 0 Å². The number of aromatic nitrogens is 1. The van der Waals surface area contributed by atoms with E-state index in [1.165, 1.54) is 0 Å². The molecule has 108 valence electrons. The standard InChI is InChI=1S/C16H13BrCl2N2/c1-2-8-3-9-4-11(18)6-13(19)14(9)15(20)16-12(8)5-10(17)7-21-16/h4-8,20H,2-3H2,1H3. The van der Waals surface area contributed by atoms with Crippen LogP contribution in [0.5, 0.6) is 0 Å². The molecule has 1 N–H and O–H groups in total. The molecule has 0 bridgehead atoms. The zero-order chi connectivity index (χ0) is 15.1. The molecule has 0 radical (unpaired) electrons. The second-order valence-electron chi connectivity index (χ2n) is 5.20. The van der Waals surface area contributed by atoms with Gasteiger partial charge in [0, 0.05) is 21.3 Å². The molecule has 0 saturated carbocycles. The van der Waals surface area contributed by atoms with Crippen molar-refractivity contribution in [3.63, 3.8) is 0 Å². The first kappa shape index (κ1) is 15.0. The first-order chi connectivity index (χ1) is 10.0. The van der Waals surface area contributed by atoms with E-state index in [-0.39, 0.29) is 0 Å². The van der Waals surface area contributed by atoms with Gasteiger partial charge in [-0.3, -0.25) is 10.4 Å². The van der Waals surface area contributed by atoms with Crippen molar-refractivity contribution in [3.05, 3.63) is 61.3 Å². The maximum atomic E-state index is 8.53. The van der Waals surface area contributed by atoms with Crippen LogP contribution in [0, 0.1) is 5.41 Å². The summed E-state index contributed by atoms with van der Waals surface area (Å²) in [6.45, 7) is 2.15. The van der Waals surface area contributed by atoms with Crippen molar-refractivity contribution in [3.8, 4) is 0 Å². The molecule has 0 saturated heterocycles. The van der Waals surface area contributed by atoms with E-state index < -0.39 is 0 Å². The number of benzene rings is 1. The quantitative estimate of drug-likeness (QED) is 0.681. The van der Waals surface area contributed by atoms with E-state index in [0.717, 1.165) is 34.0 Å². The Morgan fingerprint density at radius 1 is 1.33 bits per heavy atom. The lowest BCUT2D eigenvalue weighted by atomic mass is 9.91. The highest BCUT2D eigenvalue weighted by atomic mass is 79.9. The van der Waals surface area contributed by atoms with E-state index in [0.29, 0.717) is 27.4 Å². The highest BCUT2D eigenvalue weighted by Gasteiger charge is 2.27. The van der Waals surface area contributed by atoms with E-state index >= 15 is 0 Å². The van der Waals surface area contributed by atoms with Crippen molar-refractivity contribution in [2.45, 2.75) is 25.7 Å². The minimum atomic E-state index is 0.307. The molecule has 5 heteroatoms. The van der Waals surface area contributed by atoms with Gasteiger partial charge in [0.25, 0.3) is 0 Å². The van der Waals surface area contributed by atoms with Crippen LogP contribution in [0.2, 0.25) is 10.0 Å². The lowest BCUT2D eigenvalue weighted by Crippen LogP contribution is -2.08. The Morgan fingerprint density at radius 3 is 2.81 bits per heavy atom. The van der Waals surface area contributed by atoms with Gasteiger partial charge in [-0.2, -0.15) is 0 Å². The first-order valence-electron chi connectivity index (χ1n) is 6.74. The lowest BCUT2D eigenvalue weighted by Gasteiger charge is -2.15. The van der Waals surface area contributed by atoms with E-state index in [2.05, 4.69) is 33.9 Å². The summed E-state index contributed by atoms with van der Waals surface area (Å²) in [5.41, 5.74) is 3.98. The molecule has 1 heterocycles. The fourth-order valence-corrected chi connectivity index (χ4v) is 3.88. The molecule has 21 heavy (non-hydrogen) atoms. The SMILES string of the molecule is CCC1Cc2cc(Cl)cc(Cl)c2C(=N)c2ncc(Br)cc21. The third-order valence-corrected chi connectivity index (χ3v) is 4.86. The summed E-state index contributed by atoms with van der Waals surface area (Å²) in [7, 11) is 0. The molecule has 1 aliphatic rings. The van der Waals surface area contributed by atoms with Crippen LogP contribution in [-0.2, 0) is 6.42 Å². The maximum Gasteiger partial charge on any atom is 0.0921 e. The van der Waals surface area contributed by atoms with Crippen LogP contribution in [0.15, 0.2) is 28.9 Å². The molecule has 0 fully saturated rings. The van der Waals surface area contributed by atoms with Crippen molar-refractivity contribution in [2.24, 2.45) is 0 Å². The average molecular weight is 384 g/mol. The summed E-state index contributed by atoms with van der Waals surface area (Å²) in [5, 5.41) is 9.67. The van der Waals surface area contributed by atoms with Crippen molar-refractivity contribution in [1.29, 1.82) is 5.41 Å². The van der Waals surface area contributed by atoms with E-state index in [1.807, 2.05) is 6.07 Å². The number of pyridine rings is 1. The summed E-state index contributed by atoms with van der Waals surface area (Å²) in [6.07, 6.45) is 3.52. The van der Waals surface area contributed by atoms with Crippen LogP contribution in [0.25, 0.3) is 0 Å². The Morgan fingerprint density at radius 2 is 2.10 bits per heavy atom. The molecular formula is C16H13BrCl2N2. The number of halogens is 3. The number of hydrogen-bond donors (Lipinski definition) is 1. The van der Waals surface area contributed by atoms with Crippen molar-refractivity contribution >= 4 is 44.8 Å². The van der Waals surface area contributed by atoms with Gasteiger partial charge in [-0.1, -0.05) is 30.1 Å². The third-order valence-electron chi connectivity index (χ3n) is 3.91. The molecule has 0 amide bonds. The van der Waals surface area contributed by atoms with Gasteiger partial charge in [0.2, 0.25) is 0 Å². The maximum absolute atomic E-state index is 8.53. The zero-order valence-electron chi connectivity index (χ0n) is 11.4. The number of nitrogens with zero attached hydrogens (tertiary/aromatic N) is 1. The Kier molecular flexibility index (Phi) is 4.08. The predicted molar refractivity (Wildman–Crippen MR) is 91.1 cm³/mol. The average Bonchev–Trinajstić information content (AvgIpc) is 2.54. The minimum Gasteiger partial charge on any atom is -0.298 e. The van der Waals surface area contributed by atoms with Gasteiger partial charge in [-0.15, -0.1) is 0 Å². The van der Waals surface area contributed by atoms with Gasteiger partial charge in [0.15, 0.2) is 0 Å². The lowest BCUT2D eigenvalue weighted by molar-refractivity contribution is 0.659. The monoisotopic (exact) mass is 382 g/mol. The molecular weight excluding hydrogens is 371 g/mol. The molecule has 0 aliphatic heterocycles. The summed E-state index contributed by atoms with van der Waals surface area (Å²) in [5.74, 6) is 0.307. The largest absolute Gasteiger partial charge is 0.298 e. The highest BCUT2D eigenvalue weighted by molar-refractivity contribution is 9.10. The van der Waals surface area contributed by atoms with Gasteiger partial charge in [-0.05, 0) is 64.0 Å². The molecule has 2 aromatic rings. The Hall–Kier alpha value is -0.900. The Labute approximate surface area is 142 Å². The minimum absolute atomic E-state index is 0.307. The van der Waals surface area contributed by atoms with Crippen LogP contribution in [0.3, 0.4) is 0 Å². The smallest absolute Gasteiger partial charge is 0.0921 e. The first-order valence-corrected chi connectivity index (χ1v) is 8.28. The van der Waals surface area contributed by atoms with Gasteiger partial charge in [-0.25, -0.2) is 0 Å². The van der Waals surface area contributed by atoms with E-state index in [9.17, 15) is 0 Å². The van der Waals surface area contributed by atoms with Gasteiger partial charge in [0.1, 0.15) is 0 Å². The summed E-state index contributed by atoms with van der Waals surface area (Å²) >= 11 is 15.9. The fraction of sp³-hybridized carbons (Fsp3) is 0.250. The number of fused-ring (bicyclic) bond motifs is 2. The van der Waals surface area contributed by atoms with Gasteiger partial charge in [0.05, 0.1) is 16.4 Å². The van der Waals surface area contributed by atoms with Gasteiger partial charge >= 0.3 is 0 Å². The third kappa shape index (κ3) is 2.63. The number of nitrogens with one attached hydrogen (secondary N) is 1. The summed E-state index contributed by atoms with van der Waals surface area (Å²) < 4.78 is 0.933. The molecule has 1 aromatic carbocycles. The van der Waals surface area contributed by atoms with Crippen molar-refractivity contribution in [1.82, 2.24) is 4.98 Å². The second-order valence-corrected chi connectivity index (χ2v) is 6.96. The highest BCUT2D eigenvalue weighted by Crippen LogP contribution is 2.37. The molecule has 1 atom stereocenters. The number of rotatable bonds is 1.